The van der Waals surface area contributed by atoms with Gasteiger partial charge in [-0.05, 0) is 20.8 Å². The van der Waals surface area contributed by atoms with Gasteiger partial charge in [0.25, 0.3) is 0 Å². The van der Waals surface area contributed by atoms with E-state index in [2.05, 4.69) is 4.52 Å². The molecule has 0 spiro atoms. The van der Waals surface area contributed by atoms with Crippen molar-refractivity contribution in [3.05, 3.63) is 0 Å². The van der Waals surface area contributed by atoms with Crippen LogP contribution in [0.1, 0.15) is 20.8 Å². The van der Waals surface area contributed by atoms with Crippen molar-refractivity contribution in [1.29, 1.82) is 0 Å². The lowest BCUT2D eigenvalue weighted by Gasteiger charge is -2.20. The summed E-state index contributed by atoms with van der Waals surface area (Å²) in [7, 11) is -2.74. The normalized spacial score (nSPS) is 19.2. The summed E-state index contributed by atoms with van der Waals surface area (Å²) in [5.74, 6) is 0. The molecule has 56 valence electrons. The lowest BCUT2D eigenvalue weighted by molar-refractivity contribution is 0.331. The van der Waals surface area contributed by atoms with Crippen LogP contribution >= 0.6 is 7.68 Å². The Labute approximate surface area is 55.0 Å². The van der Waals surface area contributed by atoms with Crippen LogP contribution in [0.4, 0.5) is 4.20 Å². The van der Waals surface area contributed by atoms with Gasteiger partial charge in [-0.3, -0.25) is 4.57 Å². The SMILES string of the molecule is COP(=O)(F)C(C)(C)C. The lowest BCUT2D eigenvalue weighted by Crippen LogP contribution is -2.12. The van der Waals surface area contributed by atoms with Crippen molar-refractivity contribution in [2.75, 3.05) is 7.11 Å². The molecular formula is C5H12FO2P. The Morgan fingerprint density at radius 2 is 1.78 bits per heavy atom. The van der Waals surface area contributed by atoms with Crippen molar-refractivity contribution < 1.29 is 13.3 Å². The van der Waals surface area contributed by atoms with Crippen LogP contribution in [0.15, 0.2) is 0 Å². The Balaban J connectivity index is 4.35. The maximum Gasteiger partial charge on any atom is 0.372 e. The number of hydrogen-bond acceptors (Lipinski definition) is 2. The average Bonchev–Trinajstić information content (AvgIpc) is 1.64. The molecule has 0 fully saturated rings. The van der Waals surface area contributed by atoms with Gasteiger partial charge in [0.1, 0.15) is 0 Å². The molecule has 0 amide bonds. The van der Waals surface area contributed by atoms with Crippen molar-refractivity contribution in [2.45, 2.75) is 25.9 Å². The molecule has 0 saturated carbocycles. The van der Waals surface area contributed by atoms with Crippen LogP contribution in [-0.4, -0.2) is 12.3 Å². The average molecular weight is 154 g/mol. The van der Waals surface area contributed by atoms with E-state index in [-0.39, 0.29) is 0 Å². The fourth-order valence-corrected chi connectivity index (χ4v) is 0.822. The zero-order valence-electron chi connectivity index (χ0n) is 6.14. The minimum absolute atomic E-state index is 0.887. The first-order valence-corrected chi connectivity index (χ1v) is 4.18. The van der Waals surface area contributed by atoms with E-state index in [4.69, 9.17) is 0 Å². The molecule has 0 radical (unpaired) electrons. The molecular weight excluding hydrogens is 142 g/mol. The Bertz CT molecular complexity index is 138. The van der Waals surface area contributed by atoms with Gasteiger partial charge in [-0.25, -0.2) is 0 Å². The quantitative estimate of drug-likeness (QED) is 0.542. The molecule has 0 aromatic rings. The molecule has 4 heteroatoms. The third-order valence-corrected chi connectivity index (χ3v) is 3.11. The zero-order valence-corrected chi connectivity index (χ0v) is 7.04. The van der Waals surface area contributed by atoms with Crippen molar-refractivity contribution in [2.24, 2.45) is 0 Å². The van der Waals surface area contributed by atoms with Gasteiger partial charge in [-0.1, -0.05) is 0 Å². The van der Waals surface area contributed by atoms with Crippen LogP contribution in [0, 0.1) is 0 Å². The summed E-state index contributed by atoms with van der Waals surface area (Å²) < 4.78 is 27.6. The summed E-state index contributed by atoms with van der Waals surface area (Å²) in [5.41, 5.74) is 0. The number of hydrogen-bond donors (Lipinski definition) is 0. The van der Waals surface area contributed by atoms with Gasteiger partial charge >= 0.3 is 7.68 Å². The second-order valence-electron chi connectivity index (χ2n) is 2.83. The standard InChI is InChI=1S/C5H12FO2P/c1-5(2,3)9(6,7)8-4/h1-4H3. The van der Waals surface area contributed by atoms with Gasteiger partial charge in [-0.15, -0.1) is 0 Å². The summed E-state index contributed by atoms with van der Waals surface area (Å²) >= 11 is 0. The summed E-state index contributed by atoms with van der Waals surface area (Å²) in [5, 5.41) is -0.887. The van der Waals surface area contributed by atoms with Crippen LogP contribution in [0.2, 0.25) is 0 Å². The number of rotatable bonds is 1. The molecule has 0 heterocycles. The van der Waals surface area contributed by atoms with Gasteiger partial charge in [-0.2, -0.15) is 4.20 Å². The maximum atomic E-state index is 12.7. The van der Waals surface area contributed by atoms with Crippen LogP contribution in [0.5, 0.6) is 0 Å². The first-order valence-electron chi connectivity index (χ1n) is 2.67. The molecule has 0 aliphatic heterocycles. The van der Waals surface area contributed by atoms with Crippen molar-refractivity contribution in [3.8, 4) is 0 Å². The van der Waals surface area contributed by atoms with Crippen LogP contribution in [-0.2, 0) is 9.09 Å². The predicted octanol–water partition coefficient (Wildman–Crippen LogP) is 2.59. The summed E-state index contributed by atoms with van der Waals surface area (Å²) in [6, 6.07) is 0. The van der Waals surface area contributed by atoms with E-state index in [1.54, 1.807) is 0 Å². The Morgan fingerprint density at radius 3 is 1.78 bits per heavy atom. The fraction of sp³-hybridized carbons (Fsp3) is 1.00. The molecule has 2 nitrogen and oxygen atoms in total. The molecule has 0 aliphatic rings. The second-order valence-corrected chi connectivity index (χ2v) is 5.50. The largest absolute Gasteiger partial charge is 0.372 e. The molecule has 0 rings (SSSR count). The van der Waals surface area contributed by atoms with E-state index in [0.717, 1.165) is 7.11 Å². The highest BCUT2D eigenvalue weighted by atomic mass is 31.2. The van der Waals surface area contributed by atoms with Crippen molar-refractivity contribution >= 4 is 7.68 Å². The van der Waals surface area contributed by atoms with Crippen molar-refractivity contribution in [3.63, 3.8) is 0 Å². The molecule has 0 aliphatic carbocycles. The molecule has 1 unspecified atom stereocenters. The van der Waals surface area contributed by atoms with E-state index >= 15 is 0 Å². The van der Waals surface area contributed by atoms with Crippen LogP contribution in [0.25, 0.3) is 0 Å². The summed E-state index contributed by atoms with van der Waals surface area (Å²) in [4.78, 5) is 0. The summed E-state index contributed by atoms with van der Waals surface area (Å²) in [6.45, 7) is 4.62. The first-order chi connectivity index (χ1) is 3.81. The van der Waals surface area contributed by atoms with Gasteiger partial charge in [0, 0.05) is 7.11 Å². The molecule has 0 aromatic carbocycles. The molecule has 1 atom stereocenters. The Kier molecular flexibility index (Phi) is 2.42. The Morgan fingerprint density at radius 1 is 1.44 bits per heavy atom. The van der Waals surface area contributed by atoms with E-state index in [1.165, 1.54) is 20.8 Å². The van der Waals surface area contributed by atoms with Gasteiger partial charge in [0.05, 0.1) is 5.16 Å². The van der Waals surface area contributed by atoms with E-state index < -0.39 is 12.8 Å². The molecule has 0 saturated heterocycles. The topological polar surface area (TPSA) is 26.3 Å². The molecule has 0 N–H and O–H groups in total. The predicted molar refractivity (Wildman–Crippen MR) is 35.5 cm³/mol. The third-order valence-electron chi connectivity index (χ3n) is 1.04. The highest BCUT2D eigenvalue weighted by Crippen LogP contribution is 2.59. The molecule has 0 bridgehead atoms. The highest BCUT2D eigenvalue weighted by Gasteiger charge is 2.36. The van der Waals surface area contributed by atoms with Gasteiger partial charge in [0.15, 0.2) is 0 Å². The fourth-order valence-electron chi connectivity index (χ4n) is 0.274. The molecule has 9 heavy (non-hydrogen) atoms. The highest BCUT2D eigenvalue weighted by molar-refractivity contribution is 7.55. The van der Waals surface area contributed by atoms with E-state index in [0.29, 0.717) is 0 Å². The van der Waals surface area contributed by atoms with Gasteiger partial charge in [0.2, 0.25) is 0 Å². The second kappa shape index (κ2) is 2.39. The minimum atomic E-state index is -3.86. The zero-order chi connectivity index (χ0) is 7.71. The van der Waals surface area contributed by atoms with Gasteiger partial charge < -0.3 is 4.52 Å². The van der Waals surface area contributed by atoms with E-state index in [9.17, 15) is 8.76 Å². The van der Waals surface area contributed by atoms with E-state index in [1.807, 2.05) is 0 Å². The minimum Gasteiger partial charge on any atom is -0.309 e. The van der Waals surface area contributed by atoms with Crippen molar-refractivity contribution in [1.82, 2.24) is 0 Å². The smallest absolute Gasteiger partial charge is 0.309 e. The number of halogens is 1. The third kappa shape index (κ3) is 2.07. The first kappa shape index (κ1) is 9.12. The van der Waals surface area contributed by atoms with Crippen LogP contribution in [0.3, 0.4) is 0 Å². The lowest BCUT2D eigenvalue weighted by atomic mass is 10.3. The maximum absolute atomic E-state index is 12.7. The summed E-state index contributed by atoms with van der Waals surface area (Å²) in [6.07, 6.45) is 0. The molecule has 0 aromatic heterocycles. The Hall–Kier alpha value is 0.120. The monoisotopic (exact) mass is 154 g/mol. The van der Waals surface area contributed by atoms with Crippen LogP contribution < -0.4 is 0 Å².